The molecule has 0 amide bonds. The Hall–Kier alpha value is -0.120. The first-order valence-corrected chi connectivity index (χ1v) is 6.64. The van der Waals surface area contributed by atoms with Crippen LogP contribution < -0.4 is 0 Å². The lowest BCUT2D eigenvalue weighted by Crippen LogP contribution is -2.36. The molecule has 1 aliphatic rings. The van der Waals surface area contributed by atoms with E-state index in [0.29, 0.717) is 0 Å². The van der Waals surface area contributed by atoms with Gasteiger partial charge in [-0.2, -0.15) is 0 Å². The lowest BCUT2D eigenvalue weighted by atomic mass is 10.3. The van der Waals surface area contributed by atoms with Crippen LogP contribution in [0.2, 0.25) is 0 Å². The summed E-state index contributed by atoms with van der Waals surface area (Å²) in [6, 6.07) is 0. The molecule has 3 heteroatoms. The van der Waals surface area contributed by atoms with Gasteiger partial charge in [-0.1, -0.05) is 26.7 Å². The van der Waals surface area contributed by atoms with Crippen molar-refractivity contribution in [2.45, 2.75) is 39.5 Å². The fourth-order valence-corrected chi connectivity index (χ4v) is 1.64. The van der Waals surface area contributed by atoms with Gasteiger partial charge in [0.2, 0.25) is 0 Å². The van der Waals surface area contributed by atoms with E-state index >= 15 is 0 Å². The number of ether oxygens (including phenoxy) is 2. The molecule has 16 heavy (non-hydrogen) atoms. The van der Waals surface area contributed by atoms with Crippen molar-refractivity contribution in [3.05, 3.63) is 0 Å². The molecule has 0 atom stereocenters. The highest BCUT2D eigenvalue weighted by Crippen LogP contribution is 1.96. The molecule has 0 aliphatic carbocycles. The van der Waals surface area contributed by atoms with Gasteiger partial charge in [0.15, 0.2) is 0 Å². The second kappa shape index (κ2) is 12.9. The molecule has 0 unspecified atom stereocenters. The number of unbranched alkanes of at least 4 members (excludes halogenated alkanes) is 2. The third-order valence-corrected chi connectivity index (χ3v) is 2.60. The maximum Gasteiger partial charge on any atom is 0.0594 e. The summed E-state index contributed by atoms with van der Waals surface area (Å²) >= 11 is 0. The number of rotatable bonds is 6. The molecule has 98 valence electrons. The molecule has 1 rings (SSSR count). The Morgan fingerprint density at radius 2 is 1.75 bits per heavy atom. The van der Waals surface area contributed by atoms with Gasteiger partial charge < -0.3 is 9.47 Å². The van der Waals surface area contributed by atoms with Crippen molar-refractivity contribution in [2.24, 2.45) is 0 Å². The Morgan fingerprint density at radius 1 is 1.06 bits per heavy atom. The third kappa shape index (κ3) is 10.4. The predicted octanol–water partition coefficient (Wildman–Crippen LogP) is 2.55. The standard InChI is InChI=1S/C7H15NO.C6H14O/c1-2-3-8-4-6-9-7-5-8;1-3-4-5-6-7-2/h2-7H2,1H3;3-6H2,1-2H3. The van der Waals surface area contributed by atoms with Gasteiger partial charge in [0, 0.05) is 26.8 Å². The van der Waals surface area contributed by atoms with Crippen molar-refractivity contribution < 1.29 is 9.47 Å². The van der Waals surface area contributed by atoms with Gasteiger partial charge in [-0.05, 0) is 19.4 Å². The molecular formula is C13H29NO2. The second-order valence-electron chi connectivity index (χ2n) is 4.15. The van der Waals surface area contributed by atoms with Crippen LogP contribution in [0.4, 0.5) is 0 Å². The highest BCUT2D eigenvalue weighted by molar-refractivity contribution is 4.59. The summed E-state index contributed by atoms with van der Waals surface area (Å²) in [4.78, 5) is 2.45. The fourth-order valence-electron chi connectivity index (χ4n) is 1.64. The van der Waals surface area contributed by atoms with Crippen molar-refractivity contribution in [1.82, 2.24) is 4.90 Å². The highest BCUT2D eigenvalue weighted by atomic mass is 16.5. The van der Waals surface area contributed by atoms with Crippen LogP contribution in [0.15, 0.2) is 0 Å². The van der Waals surface area contributed by atoms with E-state index in [1.807, 2.05) is 0 Å². The number of methoxy groups -OCH3 is 1. The van der Waals surface area contributed by atoms with Crippen molar-refractivity contribution >= 4 is 0 Å². The molecule has 1 saturated heterocycles. The maximum atomic E-state index is 5.20. The zero-order chi connectivity index (χ0) is 12.1. The molecule has 0 spiro atoms. The maximum absolute atomic E-state index is 5.20. The van der Waals surface area contributed by atoms with Crippen LogP contribution in [0.25, 0.3) is 0 Å². The minimum absolute atomic E-state index is 0.924. The molecule has 0 radical (unpaired) electrons. The summed E-state index contributed by atoms with van der Waals surface area (Å²) < 4.78 is 10.0. The van der Waals surface area contributed by atoms with Crippen LogP contribution >= 0.6 is 0 Å². The SMILES string of the molecule is CCCCCOC.CCCN1CCOCC1. The molecule has 0 saturated carbocycles. The summed E-state index contributed by atoms with van der Waals surface area (Å²) in [6.45, 7) is 10.7. The summed E-state index contributed by atoms with van der Waals surface area (Å²) in [5, 5.41) is 0. The molecule has 1 fully saturated rings. The Kier molecular flexibility index (Phi) is 12.9. The van der Waals surface area contributed by atoms with Gasteiger partial charge in [0.25, 0.3) is 0 Å². The second-order valence-corrected chi connectivity index (χ2v) is 4.15. The zero-order valence-corrected chi connectivity index (χ0v) is 11.3. The van der Waals surface area contributed by atoms with Crippen molar-refractivity contribution in [1.29, 1.82) is 0 Å². The van der Waals surface area contributed by atoms with E-state index in [1.54, 1.807) is 7.11 Å². The Bertz CT molecular complexity index is 118. The Balaban J connectivity index is 0.000000293. The molecule has 1 aliphatic heterocycles. The first-order valence-electron chi connectivity index (χ1n) is 6.64. The van der Waals surface area contributed by atoms with Gasteiger partial charge in [-0.25, -0.2) is 0 Å². The van der Waals surface area contributed by atoms with Crippen LogP contribution in [0, 0.1) is 0 Å². The van der Waals surface area contributed by atoms with Crippen molar-refractivity contribution in [3.63, 3.8) is 0 Å². The molecule has 1 heterocycles. The van der Waals surface area contributed by atoms with Crippen molar-refractivity contribution in [3.8, 4) is 0 Å². The quantitative estimate of drug-likeness (QED) is 0.656. The lowest BCUT2D eigenvalue weighted by Gasteiger charge is -2.25. The number of morpholine rings is 1. The third-order valence-electron chi connectivity index (χ3n) is 2.60. The molecule has 3 nitrogen and oxygen atoms in total. The molecule has 0 N–H and O–H groups in total. The van der Waals surface area contributed by atoms with Gasteiger partial charge >= 0.3 is 0 Å². The normalized spacial score (nSPS) is 16.7. The number of hydrogen-bond acceptors (Lipinski definition) is 3. The highest BCUT2D eigenvalue weighted by Gasteiger charge is 2.07. The van der Waals surface area contributed by atoms with Gasteiger partial charge in [-0.15, -0.1) is 0 Å². The summed E-state index contributed by atoms with van der Waals surface area (Å²) in [5.41, 5.74) is 0. The first-order chi connectivity index (χ1) is 7.85. The monoisotopic (exact) mass is 231 g/mol. The average molecular weight is 231 g/mol. The average Bonchev–Trinajstić information content (AvgIpc) is 2.32. The van der Waals surface area contributed by atoms with Crippen molar-refractivity contribution in [2.75, 3.05) is 46.6 Å². The fraction of sp³-hybridized carbons (Fsp3) is 1.00. The summed E-state index contributed by atoms with van der Waals surface area (Å²) in [7, 11) is 1.75. The molecule has 0 aromatic rings. The van der Waals surface area contributed by atoms with E-state index in [9.17, 15) is 0 Å². The summed E-state index contributed by atoms with van der Waals surface area (Å²) in [6.07, 6.45) is 5.06. The number of nitrogens with zero attached hydrogens (tertiary/aromatic N) is 1. The first kappa shape index (κ1) is 15.9. The minimum Gasteiger partial charge on any atom is -0.385 e. The van der Waals surface area contributed by atoms with E-state index in [-0.39, 0.29) is 0 Å². The molecule has 0 aromatic heterocycles. The molecule has 0 bridgehead atoms. The Morgan fingerprint density at radius 3 is 2.25 bits per heavy atom. The van der Waals surface area contributed by atoms with E-state index in [1.165, 1.54) is 32.2 Å². The molecular weight excluding hydrogens is 202 g/mol. The number of hydrogen-bond donors (Lipinski definition) is 0. The summed E-state index contributed by atoms with van der Waals surface area (Å²) in [5.74, 6) is 0. The van der Waals surface area contributed by atoms with E-state index < -0.39 is 0 Å². The topological polar surface area (TPSA) is 21.7 Å². The predicted molar refractivity (Wildman–Crippen MR) is 69.0 cm³/mol. The lowest BCUT2D eigenvalue weighted by molar-refractivity contribution is 0.0380. The van der Waals surface area contributed by atoms with Crippen LogP contribution in [0.3, 0.4) is 0 Å². The van der Waals surface area contributed by atoms with Gasteiger partial charge in [0.1, 0.15) is 0 Å². The molecule has 0 aromatic carbocycles. The van der Waals surface area contributed by atoms with Crippen LogP contribution in [0.1, 0.15) is 39.5 Å². The van der Waals surface area contributed by atoms with Crippen LogP contribution in [0.5, 0.6) is 0 Å². The van der Waals surface area contributed by atoms with E-state index in [0.717, 1.165) is 32.9 Å². The van der Waals surface area contributed by atoms with Gasteiger partial charge in [0.05, 0.1) is 13.2 Å². The zero-order valence-electron chi connectivity index (χ0n) is 11.3. The minimum atomic E-state index is 0.924. The smallest absolute Gasteiger partial charge is 0.0594 e. The largest absolute Gasteiger partial charge is 0.385 e. The van der Waals surface area contributed by atoms with Crippen LogP contribution in [-0.4, -0.2) is 51.5 Å². The van der Waals surface area contributed by atoms with E-state index in [4.69, 9.17) is 9.47 Å². The Labute approximate surface area is 101 Å². The van der Waals surface area contributed by atoms with Crippen LogP contribution in [-0.2, 0) is 9.47 Å². The van der Waals surface area contributed by atoms with Gasteiger partial charge in [-0.3, -0.25) is 4.90 Å². The van der Waals surface area contributed by atoms with E-state index in [2.05, 4.69) is 18.7 Å².